The molecule has 0 unspecified atom stereocenters. The molecule has 20 heavy (non-hydrogen) atoms. The van der Waals surface area contributed by atoms with Gasteiger partial charge in [-0.2, -0.15) is 4.98 Å². The lowest BCUT2D eigenvalue weighted by atomic mass is 10.2. The summed E-state index contributed by atoms with van der Waals surface area (Å²) < 4.78 is 0.697. The zero-order valence-corrected chi connectivity index (χ0v) is 12.1. The van der Waals surface area contributed by atoms with Gasteiger partial charge in [0.2, 0.25) is 5.88 Å². The molecule has 0 bridgehead atoms. The third-order valence-corrected chi connectivity index (χ3v) is 3.63. The van der Waals surface area contributed by atoms with E-state index in [1.165, 1.54) is 6.92 Å². The van der Waals surface area contributed by atoms with Gasteiger partial charge in [0.1, 0.15) is 5.69 Å². The maximum atomic E-state index is 11.7. The second-order valence-electron chi connectivity index (χ2n) is 4.37. The summed E-state index contributed by atoms with van der Waals surface area (Å²) in [7, 11) is 0. The lowest BCUT2D eigenvalue weighted by molar-refractivity contribution is 0.447. The minimum Gasteiger partial charge on any atom is -0.493 e. The number of aromatic hydroxyl groups is 1. The molecule has 100 valence electrons. The first kappa shape index (κ1) is 12.8. The maximum absolute atomic E-state index is 11.7. The van der Waals surface area contributed by atoms with Crippen LogP contribution in [0.3, 0.4) is 0 Å². The molecular formula is C14H10BrN3O2. The molecule has 0 saturated heterocycles. The van der Waals surface area contributed by atoms with Gasteiger partial charge < -0.3 is 10.1 Å². The predicted octanol–water partition coefficient (Wildman–Crippen LogP) is 2.76. The first-order valence-corrected chi connectivity index (χ1v) is 6.71. The van der Waals surface area contributed by atoms with Crippen molar-refractivity contribution in [1.29, 1.82) is 0 Å². The van der Waals surface area contributed by atoms with Crippen molar-refractivity contribution in [2.24, 2.45) is 0 Å². The summed E-state index contributed by atoms with van der Waals surface area (Å²) >= 11 is 3.42. The number of hydrogen-bond donors (Lipinski definition) is 2. The van der Waals surface area contributed by atoms with Gasteiger partial charge in [-0.1, -0.05) is 18.2 Å². The molecule has 0 atom stereocenters. The summed E-state index contributed by atoms with van der Waals surface area (Å²) in [6.07, 6.45) is 0. The molecule has 0 saturated carbocycles. The zero-order chi connectivity index (χ0) is 14.3. The molecule has 3 rings (SSSR count). The largest absolute Gasteiger partial charge is 0.493 e. The average Bonchev–Trinajstić information content (AvgIpc) is 2.43. The van der Waals surface area contributed by atoms with E-state index >= 15 is 0 Å². The van der Waals surface area contributed by atoms with Gasteiger partial charge in [0.25, 0.3) is 5.56 Å². The summed E-state index contributed by atoms with van der Waals surface area (Å²) in [5, 5.41) is 10.6. The number of nitrogens with one attached hydrogen (secondary N) is 1. The fraction of sp³-hybridized carbons (Fsp3) is 0.0714. The molecule has 0 fully saturated rings. The van der Waals surface area contributed by atoms with E-state index in [0.29, 0.717) is 10.2 Å². The predicted molar refractivity (Wildman–Crippen MR) is 79.7 cm³/mol. The summed E-state index contributed by atoms with van der Waals surface area (Å²) in [5.74, 6) is -0.0543. The maximum Gasteiger partial charge on any atom is 0.257 e. The monoisotopic (exact) mass is 331 g/mol. The Morgan fingerprint density at radius 2 is 2.00 bits per heavy atom. The highest BCUT2D eigenvalue weighted by molar-refractivity contribution is 9.10. The lowest BCUT2D eigenvalue weighted by Gasteiger charge is -2.06. The number of aromatic nitrogens is 3. The molecule has 0 aliphatic heterocycles. The van der Waals surface area contributed by atoms with E-state index in [4.69, 9.17) is 0 Å². The summed E-state index contributed by atoms with van der Waals surface area (Å²) in [5.41, 5.74) is 1.07. The van der Waals surface area contributed by atoms with Gasteiger partial charge in [0.05, 0.1) is 11.1 Å². The smallest absolute Gasteiger partial charge is 0.257 e. The summed E-state index contributed by atoms with van der Waals surface area (Å²) in [6.45, 7) is 1.51. The van der Waals surface area contributed by atoms with Gasteiger partial charge in [-0.05, 0) is 35.0 Å². The molecule has 2 aromatic heterocycles. The molecule has 0 spiro atoms. The molecule has 3 aromatic rings. The lowest BCUT2D eigenvalue weighted by Crippen LogP contribution is -2.12. The number of H-pyrrole nitrogens is 1. The quantitative estimate of drug-likeness (QED) is 0.718. The third-order valence-electron chi connectivity index (χ3n) is 3.03. The number of pyridine rings is 1. The fourth-order valence-corrected chi connectivity index (χ4v) is 2.41. The van der Waals surface area contributed by atoms with Gasteiger partial charge in [0.15, 0.2) is 5.82 Å². The van der Waals surface area contributed by atoms with Gasteiger partial charge >= 0.3 is 0 Å². The molecule has 6 heteroatoms. The molecule has 2 N–H and O–H groups in total. The van der Waals surface area contributed by atoms with Crippen LogP contribution in [0.25, 0.3) is 22.4 Å². The van der Waals surface area contributed by atoms with Crippen LogP contribution < -0.4 is 5.56 Å². The summed E-state index contributed by atoms with van der Waals surface area (Å²) in [4.78, 5) is 22.8. The van der Waals surface area contributed by atoms with Crippen LogP contribution in [0.4, 0.5) is 0 Å². The molecule has 5 nitrogen and oxygen atoms in total. The Morgan fingerprint density at radius 3 is 2.75 bits per heavy atom. The molecule has 0 aliphatic rings. The standard InChI is InChI=1S/C14H10BrN3O2/c1-7-13(19)17-12(18-14(7)20)11-9(15)6-8-4-2-3-5-10(8)16-11/h2-6H,1H3,(H2,17,18,19,20). The third kappa shape index (κ3) is 2.08. The van der Waals surface area contributed by atoms with Gasteiger partial charge in [-0.15, -0.1) is 0 Å². The second kappa shape index (κ2) is 4.72. The van der Waals surface area contributed by atoms with Crippen molar-refractivity contribution in [3.05, 3.63) is 50.7 Å². The van der Waals surface area contributed by atoms with Crippen molar-refractivity contribution in [2.75, 3.05) is 0 Å². The number of benzene rings is 1. The van der Waals surface area contributed by atoms with Crippen LogP contribution in [0.5, 0.6) is 5.88 Å². The number of nitrogens with zero attached hydrogens (tertiary/aromatic N) is 2. The van der Waals surface area contributed by atoms with Crippen LogP contribution in [-0.2, 0) is 0 Å². The van der Waals surface area contributed by atoms with Crippen LogP contribution in [0.2, 0.25) is 0 Å². The molecule has 0 amide bonds. The van der Waals surface area contributed by atoms with Crippen molar-refractivity contribution >= 4 is 26.8 Å². The van der Waals surface area contributed by atoms with E-state index < -0.39 is 0 Å². The van der Waals surface area contributed by atoms with E-state index in [-0.39, 0.29) is 22.8 Å². The van der Waals surface area contributed by atoms with Crippen molar-refractivity contribution in [1.82, 2.24) is 15.0 Å². The molecule has 0 radical (unpaired) electrons. The van der Waals surface area contributed by atoms with E-state index in [9.17, 15) is 9.90 Å². The molecule has 0 aliphatic carbocycles. The van der Waals surface area contributed by atoms with Gasteiger partial charge in [-0.25, -0.2) is 4.98 Å². The van der Waals surface area contributed by atoms with Gasteiger partial charge in [-0.3, -0.25) is 4.79 Å². The van der Waals surface area contributed by atoms with Crippen LogP contribution in [0.1, 0.15) is 5.56 Å². The number of hydrogen-bond acceptors (Lipinski definition) is 4. The average molecular weight is 332 g/mol. The Hall–Kier alpha value is -2.21. The van der Waals surface area contributed by atoms with Crippen LogP contribution in [0, 0.1) is 6.92 Å². The molecule has 1 aromatic carbocycles. The Bertz CT molecular complexity index is 874. The minimum atomic E-state index is -0.380. The fourth-order valence-electron chi connectivity index (χ4n) is 1.89. The number of para-hydroxylation sites is 1. The first-order valence-electron chi connectivity index (χ1n) is 5.92. The normalized spacial score (nSPS) is 10.9. The highest BCUT2D eigenvalue weighted by Gasteiger charge is 2.13. The van der Waals surface area contributed by atoms with Crippen molar-refractivity contribution < 1.29 is 5.11 Å². The van der Waals surface area contributed by atoms with E-state index in [1.807, 2.05) is 30.3 Å². The number of rotatable bonds is 1. The van der Waals surface area contributed by atoms with Crippen LogP contribution in [0.15, 0.2) is 39.6 Å². The van der Waals surface area contributed by atoms with Crippen molar-refractivity contribution in [2.45, 2.75) is 6.92 Å². The Kier molecular flexibility index (Phi) is 3.02. The molecular weight excluding hydrogens is 322 g/mol. The van der Waals surface area contributed by atoms with Crippen molar-refractivity contribution in [3.63, 3.8) is 0 Å². The first-order chi connectivity index (χ1) is 9.56. The van der Waals surface area contributed by atoms with Crippen molar-refractivity contribution in [3.8, 4) is 17.4 Å². The van der Waals surface area contributed by atoms with E-state index in [0.717, 1.165) is 10.9 Å². The highest BCUT2D eigenvalue weighted by atomic mass is 79.9. The zero-order valence-electron chi connectivity index (χ0n) is 10.5. The number of halogens is 1. The van der Waals surface area contributed by atoms with E-state index in [2.05, 4.69) is 30.9 Å². The number of fused-ring (bicyclic) bond motifs is 1. The highest BCUT2D eigenvalue weighted by Crippen LogP contribution is 2.28. The second-order valence-corrected chi connectivity index (χ2v) is 5.23. The van der Waals surface area contributed by atoms with Crippen LogP contribution >= 0.6 is 15.9 Å². The SMILES string of the molecule is Cc1c(O)nc(-c2nc3ccccc3cc2Br)[nH]c1=O. The summed E-state index contributed by atoms with van der Waals surface area (Å²) in [6, 6.07) is 9.52. The topological polar surface area (TPSA) is 78.9 Å². The Labute approximate surface area is 122 Å². The van der Waals surface area contributed by atoms with Crippen LogP contribution in [-0.4, -0.2) is 20.1 Å². The van der Waals surface area contributed by atoms with E-state index in [1.54, 1.807) is 0 Å². The molecule has 2 heterocycles. The number of aromatic amines is 1. The Morgan fingerprint density at radius 1 is 1.25 bits per heavy atom. The van der Waals surface area contributed by atoms with Gasteiger partial charge in [0, 0.05) is 9.86 Å². The Balaban J connectivity index is 2.29. The minimum absolute atomic E-state index is 0.186.